The molecule has 1 N–H and O–H groups in total. The Bertz CT molecular complexity index is 723. The number of hydrogen-bond donors (Lipinski definition) is 1. The summed E-state index contributed by atoms with van der Waals surface area (Å²) in [6.45, 7) is 5.74. The van der Waals surface area contributed by atoms with Crippen LogP contribution < -0.4 is 10.1 Å². The number of amides is 1. The third-order valence-electron chi connectivity index (χ3n) is 3.75. The average molecular weight is 322 g/mol. The van der Waals surface area contributed by atoms with E-state index in [9.17, 15) is 4.79 Å². The number of aromatic nitrogens is 2. The lowest BCUT2D eigenvalue weighted by Gasteiger charge is -2.12. The molecule has 0 aliphatic rings. The van der Waals surface area contributed by atoms with Gasteiger partial charge in [0.05, 0.1) is 24.9 Å². The monoisotopic (exact) mass is 321 g/mol. The van der Waals surface area contributed by atoms with Gasteiger partial charge in [-0.3, -0.25) is 9.48 Å². The molecule has 0 fully saturated rings. The van der Waals surface area contributed by atoms with E-state index in [4.69, 9.17) is 16.3 Å². The Labute approximate surface area is 135 Å². The van der Waals surface area contributed by atoms with Crippen LogP contribution in [0, 0.1) is 20.8 Å². The number of methoxy groups -OCH3 is 1. The predicted octanol–water partition coefficient (Wildman–Crippen LogP) is 3.19. The Morgan fingerprint density at radius 2 is 2.05 bits per heavy atom. The van der Waals surface area contributed by atoms with Gasteiger partial charge in [0.25, 0.3) is 0 Å². The number of carbonyl (C=O) groups excluding carboxylic acids is 1. The van der Waals surface area contributed by atoms with Gasteiger partial charge >= 0.3 is 0 Å². The van der Waals surface area contributed by atoms with Gasteiger partial charge in [0.2, 0.25) is 5.91 Å². The van der Waals surface area contributed by atoms with Gasteiger partial charge in [-0.15, -0.1) is 0 Å². The van der Waals surface area contributed by atoms with Crippen molar-refractivity contribution in [1.29, 1.82) is 0 Å². The average Bonchev–Trinajstić information content (AvgIpc) is 2.69. The summed E-state index contributed by atoms with van der Waals surface area (Å²) < 4.78 is 7.05. The van der Waals surface area contributed by atoms with E-state index in [0.29, 0.717) is 16.5 Å². The molecule has 1 aromatic carbocycles. The fourth-order valence-corrected chi connectivity index (χ4v) is 2.51. The molecule has 118 valence electrons. The van der Waals surface area contributed by atoms with Crippen LogP contribution in [0.3, 0.4) is 0 Å². The van der Waals surface area contributed by atoms with Gasteiger partial charge in [-0.2, -0.15) is 5.10 Å². The molecule has 2 aromatic rings. The zero-order chi connectivity index (χ0) is 16.4. The summed E-state index contributed by atoms with van der Waals surface area (Å²) in [6.07, 6.45) is 0.274. The zero-order valence-electron chi connectivity index (χ0n) is 13.5. The van der Waals surface area contributed by atoms with Crippen molar-refractivity contribution in [2.45, 2.75) is 27.2 Å². The predicted molar refractivity (Wildman–Crippen MR) is 87.8 cm³/mol. The van der Waals surface area contributed by atoms with Gasteiger partial charge in [-0.25, -0.2) is 0 Å². The van der Waals surface area contributed by atoms with Crippen LogP contribution in [0.2, 0.25) is 5.02 Å². The molecule has 2 rings (SSSR count). The molecule has 0 spiro atoms. The van der Waals surface area contributed by atoms with Crippen molar-refractivity contribution in [2.24, 2.45) is 7.05 Å². The van der Waals surface area contributed by atoms with Gasteiger partial charge < -0.3 is 10.1 Å². The van der Waals surface area contributed by atoms with Crippen molar-refractivity contribution in [3.05, 3.63) is 39.7 Å². The molecule has 1 aromatic heterocycles. The highest BCUT2D eigenvalue weighted by Gasteiger charge is 2.15. The topological polar surface area (TPSA) is 56.1 Å². The molecule has 22 heavy (non-hydrogen) atoms. The molecule has 0 saturated carbocycles. The first-order valence-electron chi connectivity index (χ1n) is 6.96. The maximum Gasteiger partial charge on any atom is 0.229 e. The van der Waals surface area contributed by atoms with Crippen molar-refractivity contribution in [1.82, 2.24) is 9.78 Å². The summed E-state index contributed by atoms with van der Waals surface area (Å²) in [5.74, 6) is 0.433. The molecular formula is C16H20ClN3O2. The number of benzene rings is 1. The van der Waals surface area contributed by atoms with E-state index in [2.05, 4.69) is 10.4 Å². The van der Waals surface area contributed by atoms with Crippen LogP contribution in [0.15, 0.2) is 12.1 Å². The number of nitrogens with zero attached hydrogens (tertiary/aromatic N) is 2. The maximum atomic E-state index is 12.3. The van der Waals surface area contributed by atoms with Crippen molar-refractivity contribution in [3.8, 4) is 5.75 Å². The van der Waals surface area contributed by atoms with E-state index in [-0.39, 0.29) is 12.3 Å². The number of aryl methyl sites for hydroxylation is 3. The third kappa shape index (κ3) is 3.25. The van der Waals surface area contributed by atoms with Crippen LogP contribution in [0.4, 0.5) is 5.69 Å². The SMILES string of the molecule is COc1cc(Cl)c(C)cc1NC(=O)Cc1c(C)nn(C)c1C. The Hall–Kier alpha value is -2.01. The number of anilines is 1. The summed E-state index contributed by atoms with van der Waals surface area (Å²) in [5.41, 5.74) is 4.31. The molecule has 1 heterocycles. The van der Waals surface area contributed by atoms with E-state index in [1.54, 1.807) is 17.9 Å². The van der Waals surface area contributed by atoms with Crippen molar-refractivity contribution in [3.63, 3.8) is 0 Å². The van der Waals surface area contributed by atoms with E-state index >= 15 is 0 Å². The number of rotatable bonds is 4. The Kier molecular flexibility index (Phi) is 4.76. The first-order valence-corrected chi connectivity index (χ1v) is 7.34. The normalized spacial score (nSPS) is 10.6. The van der Waals surface area contributed by atoms with Crippen LogP contribution in [0.5, 0.6) is 5.75 Å². The first kappa shape index (κ1) is 16.4. The lowest BCUT2D eigenvalue weighted by molar-refractivity contribution is -0.115. The van der Waals surface area contributed by atoms with E-state index in [1.165, 1.54) is 0 Å². The van der Waals surface area contributed by atoms with Crippen molar-refractivity contribution >= 4 is 23.2 Å². The fraction of sp³-hybridized carbons (Fsp3) is 0.375. The second kappa shape index (κ2) is 6.40. The highest BCUT2D eigenvalue weighted by atomic mass is 35.5. The number of ether oxygens (including phenoxy) is 1. The highest BCUT2D eigenvalue weighted by molar-refractivity contribution is 6.31. The molecule has 0 atom stereocenters. The van der Waals surface area contributed by atoms with Crippen molar-refractivity contribution in [2.75, 3.05) is 12.4 Å². The van der Waals surface area contributed by atoms with Crippen LogP contribution in [-0.2, 0) is 18.3 Å². The second-order valence-corrected chi connectivity index (χ2v) is 5.71. The summed E-state index contributed by atoms with van der Waals surface area (Å²) in [6, 6.07) is 3.51. The largest absolute Gasteiger partial charge is 0.495 e. The molecule has 0 radical (unpaired) electrons. The second-order valence-electron chi connectivity index (χ2n) is 5.30. The van der Waals surface area contributed by atoms with Crippen LogP contribution >= 0.6 is 11.6 Å². The number of halogens is 1. The molecule has 1 amide bonds. The van der Waals surface area contributed by atoms with Crippen LogP contribution in [-0.4, -0.2) is 22.8 Å². The number of nitrogens with one attached hydrogen (secondary N) is 1. The third-order valence-corrected chi connectivity index (χ3v) is 4.16. The quantitative estimate of drug-likeness (QED) is 0.941. The minimum atomic E-state index is -0.112. The summed E-state index contributed by atoms with van der Waals surface area (Å²) >= 11 is 6.07. The maximum absolute atomic E-state index is 12.3. The summed E-state index contributed by atoms with van der Waals surface area (Å²) in [7, 11) is 3.42. The number of carbonyl (C=O) groups is 1. The molecule has 0 bridgehead atoms. The summed E-state index contributed by atoms with van der Waals surface area (Å²) in [5, 5.41) is 7.81. The minimum Gasteiger partial charge on any atom is -0.495 e. The minimum absolute atomic E-state index is 0.112. The standard InChI is InChI=1S/C16H20ClN3O2/c1-9-6-14(15(22-5)8-13(9)17)18-16(21)7-12-10(2)19-20(4)11(12)3/h6,8H,7H2,1-5H3,(H,18,21). The molecule has 0 saturated heterocycles. The van der Waals surface area contributed by atoms with E-state index in [1.807, 2.05) is 33.9 Å². The lowest BCUT2D eigenvalue weighted by Crippen LogP contribution is -2.16. The Morgan fingerprint density at radius 1 is 1.36 bits per heavy atom. The van der Waals surface area contributed by atoms with Crippen LogP contribution in [0.25, 0.3) is 0 Å². The molecular weight excluding hydrogens is 302 g/mol. The number of hydrogen-bond acceptors (Lipinski definition) is 3. The molecule has 0 aliphatic carbocycles. The zero-order valence-corrected chi connectivity index (χ0v) is 14.2. The molecule has 0 unspecified atom stereocenters. The Balaban J connectivity index is 2.21. The van der Waals surface area contributed by atoms with Gasteiger partial charge in [-0.05, 0) is 32.4 Å². The first-order chi connectivity index (χ1) is 10.3. The van der Waals surface area contributed by atoms with Gasteiger partial charge in [0.1, 0.15) is 5.75 Å². The van der Waals surface area contributed by atoms with E-state index < -0.39 is 0 Å². The molecule has 5 nitrogen and oxygen atoms in total. The lowest BCUT2D eigenvalue weighted by atomic mass is 10.1. The van der Waals surface area contributed by atoms with Gasteiger partial charge in [0.15, 0.2) is 0 Å². The van der Waals surface area contributed by atoms with Crippen LogP contribution in [0.1, 0.15) is 22.5 Å². The molecule has 0 aliphatic heterocycles. The smallest absolute Gasteiger partial charge is 0.229 e. The van der Waals surface area contributed by atoms with Gasteiger partial charge in [-0.1, -0.05) is 11.6 Å². The Morgan fingerprint density at radius 3 is 2.59 bits per heavy atom. The highest BCUT2D eigenvalue weighted by Crippen LogP contribution is 2.31. The molecule has 6 heteroatoms. The summed E-state index contributed by atoms with van der Waals surface area (Å²) in [4.78, 5) is 12.3. The van der Waals surface area contributed by atoms with E-state index in [0.717, 1.165) is 22.5 Å². The van der Waals surface area contributed by atoms with Gasteiger partial charge in [0, 0.05) is 29.4 Å². The van der Waals surface area contributed by atoms with Crippen molar-refractivity contribution < 1.29 is 9.53 Å². The fourth-order valence-electron chi connectivity index (χ4n) is 2.36.